The molecule has 186 valence electrons. The van der Waals surface area contributed by atoms with Crippen LogP contribution in [0.2, 0.25) is 0 Å². The van der Waals surface area contributed by atoms with Crippen molar-refractivity contribution in [3.8, 4) is 0 Å². The van der Waals surface area contributed by atoms with E-state index < -0.39 is 0 Å². The number of hydrogen-bond acceptors (Lipinski definition) is 1. The average molecular weight is 437 g/mol. The fourth-order valence-electron chi connectivity index (χ4n) is 4.65. The zero-order valence-electron chi connectivity index (χ0n) is 21.7. The summed E-state index contributed by atoms with van der Waals surface area (Å²) in [6.07, 6.45) is 41.6. The van der Waals surface area contributed by atoms with Crippen LogP contribution in [0.5, 0.6) is 0 Å². The summed E-state index contributed by atoms with van der Waals surface area (Å²) in [7, 11) is 0. The standard InChI is InChI=1S/C30H60O/c1-2-3-4-5-6-7-8-9-10-11-12-13-14-15-16-17-18-19-20-21-22-23-24-25-26-27-28-29-30-31/h29-31H,2-28H2,1H3. The first-order valence-electron chi connectivity index (χ1n) is 14.7. The molecule has 0 aliphatic heterocycles. The maximum absolute atomic E-state index is 8.58. The van der Waals surface area contributed by atoms with Crippen molar-refractivity contribution >= 4 is 0 Å². The summed E-state index contributed by atoms with van der Waals surface area (Å²) in [6.45, 7) is 2.30. The second kappa shape index (κ2) is 29.5. The average Bonchev–Trinajstić information content (AvgIpc) is 2.78. The van der Waals surface area contributed by atoms with E-state index in [0.717, 1.165) is 6.42 Å². The minimum atomic E-state index is 1.04. The fourth-order valence-corrected chi connectivity index (χ4v) is 4.65. The highest BCUT2D eigenvalue weighted by molar-refractivity contribution is 4.70. The SMILES string of the molecule is CCCCCCCCCCCCCCCCCCCCCCCCCCCCC=CO. The van der Waals surface area contributed by atoms with E-state index in [9.17, 15) is 0 Å². The van der Waals surface area contributed by atoms with E-state index in [-0.39, 0.29) is 0 Å². The molecule has 0 aromatic heterocycles. The number of rotatable bonds is 27. The smallest absolute Gasteiger partial charge is 0.0751 e. The molecule has 0 unspecified atom stereocenters. The lowest BCUT2D eigenvalue weighted by molar-refractivity contribution is 0.469. The number of allylic oxidation sites excluding steroid dienone is 1. The summed E-state index contributed by atoms with van der Waals surface area (Å²) in [5.41, 5.74) is 0. The van der Waals surface area contributed by atoms with Crippen LogP contribution in [-0.4, -0.2) is 5.11 Å². The van der Waals surface area contributed by atoms with Crippen molar-refractivity contribution in [2.75, 3.05) is 0 Å². The Hall–Kier alpha value is -0.460. The van der Waals surface area contributed by atoms with Gasteiger partial charge in [-0.2, -0.15) is 0 Å². The van der Waals surface area contributed by atoms with Crippen molar-refractivity contribution < 1.29 is 5.11 Å². The second-order valence-corrected chi connectivity index (χ2v) is 10.0. The van der Waals surface area contributed by atoms with Crippen LogP contribution in [0.15, 0.2) is 12.3 Å². The van der Waals surface area contributed by atoms with Gasteiger partial charge in [-0.15, -0.1) is 0 Å². The molecule has 0 saturated carbocycles. The molecule has 0 aromatic rings. The van der Waals surface area contributed by atoms with Crippen LogP contribution in [0.3, 0.4) is 0 Å². The molecule has 0 atom stereocenters. The van der Waals surface area contributed by atoms with Gasteiger partial charge in [-0.3, -0.25) is 0 Å². The molecule has 1 nitrogen and oxygen atoms in total. The molecule has 0 radical (unpaired) electrons. The van der Waals surface area contributed by atoms with E-state index in [1.165, 1.54) is 173 Å². The maximum atomic E-state index is 8.58. The molecule has 0 rings (SSSR count). The van der Waals surface area contributed by atoms with Crippen LogP contribution in [0, 0.1) is 0 Å². The van der Waals surface area contributed by atoms with E-state index in [4.69, 9.17) is 5.11 Å². The van der Waals surface area contributed by atoms with Crippen LogP contribution < -0.4 is 0 Å². The molecule has 0 bridgehead atoms. The highest BCUT2D eigenvalue weighted by Gasteiger charge is 1.96. The third kappa shape index (κ3) is 29.5. The summed E-state index contributed by atoms with van der Waals surface area (Å²) in [5, 5.41) is 8.58. The van der Waals surface area contributed by atoms with E-state index in [0.29, 0.717) is 0 Å². The Kier molecular flexibility index (Phi) is 29.1. The predicted molar refractivity (Wildman–Crippen MR) is 142 cm³/mol. The Balaban J connectivity index is 2.99. The molecule has 0 amide bonds. The lowest BCUT2D eigenvalue weighted by Gasteiger charge is -2.04. The normalized spacial score (nSPS) is 11.6. The van der Waals surface area contributed by atoms with Crippen molar-refractivity contribution in [3.05, 3.63) is 12.3 Å². The molecule has 1 N–H and O–H groups in total. The topological polar surface area (TPSA) is 20.2 Å². The summed E-state index contributed by atoms with van der Waals surface area (Å²) in [5.74, 6) is 0. The van der Waals surface area contributed by atoms with Crippen LogP contribution in [0.25, 0.3) is 0 Å². The van der Waals surface area contributed by atoms with Crippen molar-refractivity contribution in [2.24, 2.45) is 0 Å². The van der Waals surface area contributed by atoms with Gasteiger partial charge in [0.05, 0.1) is 6.26 Å². The lowest BCUT2D eigenvalue weighted by atomic mass is 10.0. The van der Waals surface area contributed by atoms with E-state index >= 15 is 0 Å². The van der Waals surface area contributed by atoms with Gasteiger partial charge in [-0.25, -0.2) is 0 Å². The third-order valence-electron chi connectivity index (χ3n) is 6.83. The predicted octanol–water partition coefficient (Wildman–Crippen LogP) is 11.6. The number of hydrogen-bond donors (Lipinski definition) is 1. The molecule has 0 spiro atoms. The third-order valence-corrected chi connectivity index (χ3v) is 6.83. The summed E-state index contributed by atoms with van der Waals surface area (Å²) < 4.78 is 0. The number of unbranched alkanes of at least 4 members (excludes halogenated alkanes) is 26. The molecule has 0 heterocycles. The molecule has 31 heavy (non-hydrogen) atoms. The molecule has 0 aromatic carbocycles. The zero-order valence-corrected chi connectivity index (χ0v) is 21.7. The molecule has 0 saturated heterocycles. The maximum Gasteiger partial charge on any atom is 0.0751 e. The molecular weight excluding hydrogens is 376 g/mol. The van der Waals surface area contributed by atoms with Crippen LogP contribution in [-0.2, 0) is 0 Å². The van der Waals surface area contributed by atoms with Crippen LogP contribution in [0.1, 0.15) is 180 Å². The number of aliphatic hydroxyl groups excluding tert-OH is 1. The molecule has 0 aliphatic carbocycles. The van der Waals surface area contributed by atoms with Crippen LogP contribution in [0.4, 0.5) is 0 Å². The molecule has 0 fully saturated rings. The minimum Gasteiger partial charge on any atom is -0.516 e. The molecular formula is C30H60O. The highest BCUT2D eigenvalue weighted by Crippen LogP contribution is 2.16. The van der Waals surface area contributed by atoms with E-state index in [2.05, 4.69) is 6.92 Å². The summed E-state index contributed by atoms with van der Waals surface area (Å²) in [4.78, 5) is 0. The van der Waals surface area contributed by atoms with E-state index in [1.807, 2.05) is 6.08 Å². The van der Waals surface area contributed by atoms with Gasteiger partial charge in [0.1, 0.15) is 0 Å². The van der Waals surface area contributed by atoms with E-state index in [1.54, 1.807) is 0 Å². The van der Waals surface area contributed by atoms with Gasteiger partial charge in [0.25, 0.3) is 0 Å². The Bertz CT molecular complexity index is 322. The summed E-state index contributed by atoms with van der Waals surface area (Å²) in [6, 6.07) is 0. The molecule has 1 heteroatoms. The minimum absolute atomic E-state index is 1.04. The van der Waals surface area contributed by atoms with Gasteiger partial charge in [0.15, 0.2) is 0 Å². The monoisotopic (exact) mass is 436 g/mol. The number of aliphatic hydroxyl groups is 1. The fraction of sp³-hybridized carbons (Fsp3) is 0.933. The first kappa shape index (κ1) is 30.5. The Labute approximate surface area is 197 Å². The van der Waals surface area contributed by atoms with Gasteiger partial charge in [0.2, 0.25) is 0 Å². The highest BCUT2D eigenvalue weighted by atomic mass is 16.2. The summed E-state index contributed by atoms with van der Waals surface area (Å²) >= 11 is 0. The van der Waals surface area contributed by atoms with Crippen molar-refractivity contribution in [1.29, 1.82) is 0 Å². The van der Waals surface area contributed by atoms with Gasteiger partial charge >= 0.3 is 0 Å². The van der Waals surface area contributed by atoms with Gasteiger partial charge in [-0.05, 0) is 12.8 Å². The van der Waals surface area contributed by atoms with Crippen molar-refractivity contribution in [1.82, 2.24) is 0 Å². The van der Waals surface area contributed by atoms with Crippen molar-refractivity contribution in [2.45, 2.75) is 180 Å². The lowest BCUT2D eigenvalue weighted by Crippen LogP contribution is -1.84. The largest absolute Gasteiger partial charge is 0.516 e. The molecule has 0 aliphatic rings. The van der Waals surface area contributed by atoms with Gasteiger partial charge in [0, 0.05) is 0 Å². The first-order chi connectivity index (χ1) is 15.4. The Morgan fingerprint density at radius 1 is 0.355 bits per heavy atom. The quantitative estimate of drug-likeness (QED) is 0.100. The van der Waals surface area contributed by atoms with Crippen molar-refractivity contribution in [3.63, 3.8) is 0 Å². The Morgan fingerprint density at radius 3 is 0.806 bits per heavy atom. The zero-order chi connectivity index (χ0) is 22.5. The Morgan fingerprint density at radius 2 is 0.581 bits per heavy atom. The van der Waals surface area contributed by atoms with Crippen LogP contribution >= 0.6 is 0 Å². The van der Waals surface area contributed by atoms with Gasteiger partial charge < -0.3 is 5.11 Å². The van der Waals surface area contributed by atoms with Gasteiger partial charge in [-0.1, -0.05) is 174 Å². The second-order valence-electron chi connectivity index (χ2n) is 10.0. The first-order valence-corrected chi connectivity index (χ1v) is 14.7.